The van der Waals surface area contributed by atoms with E-state index in [4.69, 9.17) is 10.5 Å². The summed E-state index contributed by atoms with van der Waals surface area (Å²) < 4.78 is 7.01. The van der Waals surface area contributed by atoms with Crippen molar-refractivity contribution >= 4 is 11.8 Å². The lowest BCUT2D eigenvalue weighted by molar-refractivity contribution is -0.134. The number of likely N-dealkylation sites (tertiary alicyclic amines) is 1. The molecule has 26 heavy (non-hydrogen) atoms. The van der Waals surface area contributed by atoms with Gasteiger partial charge in [0, 0.05) is 31.1 Å². The zero-order valence-electron chi connectivity index (χ0n) is 14.1. The Balaban J connectivity index is 1.63. The number of piperidine rings is 1. The molecule has 3 rings (SSSR count). The van der Waals surface area contributed by atoms with Gasteiger partial charge >= 0.3 is 0 Å². The minimum Gasteiger partial charge on any atom is -0.488 e. The summed E-state index contributed by atoms with van der Waals surface area (Å²) in [5.41, 5.74) is 5.03. The van der Waals surface area contributed by atoms with E-state index in [0.717, 1.165) is 17.5 Å². The van der Waals surface area contributed by atoms with Crippen molar-refractivity contribution in [1.29, 1.82) is 0 Å². The molecule has 0 saturated carbocycles. The first-order chi connectivity index (χ1) is 12.5. The van der Waals surface area contributed by atoms with Gasteiger partial charge in [-0.2, -0.15) is 5.10 Å². The van der Waals surface area contributed by atoms with E-state index in [1.165, 1.54) is 30.6 Å². The molecule has 2 aromatic heterocycles. The van der Waals surface area contributed by atoms with Crippen molar-refractivity contribution < 1.29 is 14.3 Å². The molecule has 1 fully saturated rings. The normalized spacial score (nSPS) is 16.9. The van der Waals surface area contributed by atoms with Gasteiger partial charge in [0.1, 0.15) is 24.1 Å². The van der Waals surface area contributed by atoms with Crippen molar-refractivity contribution in [3.8, 4) is 5.75 Å². The number of amides is 2. The van der Waals surface area contributed by atoms with Crippen LogP contribution in [0.1, 0.15) is 23.3 Å². The second-order valence-electron chi connectivity index (χ2n) is 5.98. The molecule has 0 spiro atoms. The Hall–Kier alpha value is -3.23. The highest BCUT2D eigenvalue weighted by molar-refractivity contribution is 5.91. The Kier molecular flexibility index (Phi) is 5.26. The fraction of sp³-hybridized carbons (Fsp3) is 0.353. The molecule has 0 aliphatic carbocycles. The van der Waals surface area contributed by atoms with Crippen LogP contribution in [0.2, 0.25) is 0 Å². The van der Waals surface area contributed by atoms with Gasteiger partial charge in [-0.05, 0) is 25.0 Å². The number of aromatic nitrogens is 3. The number of primary amides is 1. The van der Waals surface area contributed by atoms with Crippen molar-refractivity contribution in [2.24, 2.45) is 5.73 Å². The molecule has 1 aliphatic heterocycles. The maximum Gasteiger partial charge on any atom is 0.267 e. The van der Waals surface area contributed by atoms with Gasteiger partial charge in [-0.25, -0.2) is 4.68 Å². The van der Waals surface area contributed by atoms with Crippen LogP contribution in [-0.4, -0.2) is 50.7 Å². The molecule has 2 amide bonds. The number of carbonyl (C=O) groups excluding carboxylic acids is 2. The van der Waals surface area contributed by atoms with Crippen molar-refractivity contribution in [1.82, 2.24) is 19.7 Å². The summed E-state index contributed by atoms with van der Waals surface area (Å²) in [7, 11) is 0. The summed E-state index contributed by atoms with van der Waals surface area (Å²) in [4.78, 5) is 40.9. The lowest BCUT2D eigenvalue weighted by atomic mass is 10.1. The smallest absolute Gasteiger partial charge is 0.267 e. The number of nitrogens with zero attached hydrogens (tertiary/aromatic N) is 4. The Bertz CT molecular complexity index is 866. The Morgan fingerprint density at radius 2 is 2.15 bits per heavy atom. The summed E-state index contributed by atoms with van der Waals surface area (Å²) >= 11 is 0. The van der Waals surface area contributed by atoms with Crippen LogP contribution < -0.4 is 16.0 Å². The summed E-state index contributed by atoms with van der Waals surface area (Å²) in [6, 6.07) is 6.02. The predicted molar refractivity (Wildman–Crippen MR) is 91.5 cm³/mol. The van der Waals surface area contributed by atoms with Gasteiger partial charge in [-0.15, -0.1) is 0 Å². The molecule has 2 aromatic rings. The largest absolute Gasteiger partial charge is 0.488 e. The molecule has 1 saturated heterocycles. The van der Waals surface area contributed by atoms with Crippen LogP contribution in [0.25, 0.3) is 0 Å². The highest BCUT2D eigenvalue weighted by Gasteiger charge is 2.25. The van der Waals surface area contributed by atoms with Crippen LogP contribution >= 0.6 is 0 Å². The first-order valence-corrected chi connectivity index (χ1v) is 8.25. The van der Waals surface area contributed by atoms with Crippen molar-refractivity contribution in [3.63, 3.8) is 0 Å². The van der Waals surface area contributed by atoms with Crippen LogP contribution in [0, 0.1) is 0 Å². The molecule has 0 aromatic carbocycles. The highest BCUT2D eigenvalue weighted by atomic mass is 16.5. The van der Waals surface area contributed by atoms with E-state index in [1.54, 1.807) is 11.0 Å². The van der Waals surface area contributed by atoms with E-state index >= 15 is 0 Å². The van der Waals surface area contributed by atoms with E-state index < -0.39 is 5.91 Å². The standard InChI is InChI=1S/C17H19N5O4/c18-17(25)14-9-12(5-7-19-14)26-13-3-2-8-21(10-13)16(24)11-22-15(23)4-1-6-20-22/h1,4-7,9,13H,2-3,8,10-11H2,(H2,18,25). The lowest BCUT2D eigenvalue weighted by Gasteiger charge is -2.33. The Labute approximate surface area is 149 Å². The van der Waals surface area contributed by atoms with Gasteiger partial charge in [-0.3, -0.25) is 19.4 Å². The monoisotopic (exact) mass is 357 g/mol. The maximum atomic E-state index is 12.5. The minimum absolute atomic E-state index is 0.104. The minimum atomic E-state index is -0.628. The average molecular weight is 357 g/mol. The van der Waals surface area contributed by atoms with E-state index in [-0.39, 0.29) is 29.8 Å². The molecule has 136 valence electrons. The third kappa shape index (κ3) is 4.24. The number of rotatable bonds is 5. The number of nitrogens with two attached hydrogens (primary N) is 1. The molecule has 9 heteroatoms. The molecule has 1 aliphatic rings. The van der Waals surface area contributed by atoms with Crippen LogP contribution in [0.3, 0.4) is 0 Å². The number of ether oxygens (including phenoxy) is 1. The summed E-state index contributed by atoms with van der Waals surface area (Å²) in [6.45, 7) is 0.894. The maximum absolute atomic E-state index is 12.5. The number of carbonyl (C=O) groups is 2. The number of hydrogen-bond donors (Lipinski definition) is 1. The number of hydrogen-bond acceptors (Lipinski definition) is 6. The van der Waals surface area contributed by atoms with Crippen LogP contribution in [-0.2, 0) is 11.3 Å². The van der Waals surface area contributed by atoms with E-state index in [1.807, 2.05) is 0 Å². The topological polar surface area (TPSA) is 120 Å². The Morgan fingerprint density at radius 1 is 1.31 bits per heavy atom. The molecule has 3 heterocycles. The number of pyridine rings is 1. The van der Waals surface area contributed by atoms with Gasteiger partial charge in [0.25, 0.3) is 11.5 Å². The molecule has 1 unspecified atom stereocenters. The second-order valence-corrected chi connectivity index (χ2v) is 5.98. The van der Waals surface area contributed by atoms with Gasteiger partial charge in [0.2, 0.25) is 5.91 Å². The first kappa shape index (κ1) is 17.6. The Morgan fingerprint density at radius 3 is 2.92 bits per heavy atom. The fourth-order valence-electron chi connectivity index (χ4n) is 2.81. The molecule has 2 N–H and O–H groups in total. The molecule has 1 atom stereocenters. The average Bonchev–Trinajstić information content (AvgIpc) is 2.64. The zero-order chi connectivity index (χ0) is 18.5. The quantitative estimate of drug-likeness (QED) is 0.792. The molecular formula is C17H19N5O4. The van der Waals surface area contributed by atoms with Crippen molar-refractivity contribution in [2.45, 2.75) is 25.5 Å². The lowest BCUT2D eigenvalue weighted by Crippen LogP contribution is -2.46. The fourth-order valence-corrected chi connectivity index (χ4v) is 2.81. The van der Waals surface area contributed by atoms with Gasteiger partial charge in [0.05, 0.1) is 6.54 Å². The summed E-state index contributed by atoms with van der Waals surface area (Å²) in [5, 5.41) is 3.90. The van der Waals surface area contributed by atoms with Crippen molar-refractivity contribution in [2.75, 3.05) is 13.1 Å². The SMILES string of the molecule is NC(=O)c1cc(OC2CCCN(C(=O)Cn3ncccc3=O)C2)ccn1. The molecular weight excluding hydrogens is 338 g/mol. The van der Waals surface area contributed by atoms with Crippen molar-refractivity contribution in [3.05, 3.63) is 52.7 Å². The zero-order valence-corrected chi connectivity index (χ0v) is 14.1. The molecule has 0 bridgehead atoms. The van der Waals surface area contributed by atoms with Gasteiger partial charge in [-0.1, -0.05) is 0 Å². The van der Waals surface area contributed by atoms with Crippen LogP contribution in [0.15, 0.2) is 41.5 Å². The summed E-state index contributed by atoms with van der Waals surface area (Å²) in [5.74, 6) is -0.336. The molecule has 9 nitrogen and oxygen atoms in total. The van der Waals surface area contributed by atoms with E-state index in [2.05, 4.69) is 10.1 Å². The third-order valence-corrected chi connectivity index (χ3v) is 4.09. The van der Waals surface area contributed by atoms with Crippen LogP contribution in [0.5, 0.6) is 5.75 Å². The second kappa shape index (κ2) is 7.77. The molecule has 0 radical (unpaired) electrons. The first-order valence-electron chi connectivity index (χ1n) is 8.25. The van der Waals surface area contributed by atoms with E-state index in [9.17, 15) is 14.4 Å². The summed E-state index contributed by atoms with van der Waals surface area (Å²) in [6.07, 6.45) is 4.27. The third-order valence-electron chi connectivity index (χ3n) is 4.09. The van der Waals surface area contributed by atoms with Gasteiger partial charge in [0.15, 0.2) is 0 Å². The van der Waals surface area contributed by atoms with Crippen LogP contribution in [0.4, 0.5) is 0 Å². The predicted octanol–water partition coefficient (Wildman–Crippen LogP) is -0.193. The van der Waals surface area contributed by atoms with E-state index in [0.29, 0.717) is 18.8 Å². The van der Waals surface area contributed by atoms with Gasteiger partial charge < -0.3 is 15.4 Å². The highest BCUT2D eigenvalue weighted by Crippen LogP contribution is 2.19.